The molecule has 0 saturated carbocycles. The minimum absolute atomic E-state index is 0.142. The minimum Gasteiger partial charge on any atom is -0.498 e. The maximum Gasteiger partial charge on any atom is 0.598 e. The van der Waals surface area contributed by atoms with E-state index in [1.165, 1.54) is 51.4 Å². The van der Waals surface area contributed by atoms with E-state index >= 15 is 0 Å². The molecule has 0 aromatic rings. The number of unbranched alkanes of at least 4 members (excludes halogenated alkanes) is 9. The van der Waals surface area contributed by atoms with Gasteiger partial charge >= 0.3 is 19.1 Å². The molecule has 0 unspecified atom stereocenters. The Hall–Kier alpha value is -1.04. The predicted molar refractivity (Wildman–Crippen MR) is 92.1 cm³/mol. The fourth-order valence-corrected chi connectivity index (χ4v) is 2.80. The molecule has 0 bridgehead atoms. The van der Waals surface area contributed by atoms with Crippen LogP contribution in [0.3, 0.4) is 0 Å². The quantitative estimate of drug-likeness (QED) is 0.430. The average Bonchev–Trinajstić information content (AvgIpc) is 2.47. The summed E-state index contributed by atoms with van der Waals surface area (Å²) < 4.78 is 10.4. The summed E-state index contributed by atoms with van der Waals surface area (Å²) in [6, 6.07) is 0. The lowest BCUT2D eigenvalue weighted by Crippen LogP contribution is -2.42. The topological polar surface area (TPSA) is 55.8 Å². The Morgan fingerprint density at radius 1 is 0.826 bits per heavy atom. The van der Waals surface area contributed by atoms with E-state index in [9.17, 15) is 9.59 Å². The molecule has 1 aliphatic heterocycles. The molecule has 0 N–H and O–H groups in total. The molecule has 132 valence electrons. The molecular weight excluding hydrogens is 293 g/mol. The lowest BCUT2D eigenvalue weighted by Gasteiger charge is -2.22. The molecule has 0 radical (unpaired) electrons. The number of carbonyl (C=O) groups excluding carboxylic acids is 2. The van der Waals surface area contributed by atoms with Crippen molar-refractivity contribution in [1.29, 1.82) is 0 Å². The summed E-state index contributed by atoms with van der Waals surface area (Å²) in [5, 5.41) is 0. The molecule has 1 saturated heterocycles. The van der Waals surface area contributed by atoms with Crippen molar-refractivity contribution < 1.29 is 18.9 Å². The molecule has 0 aromatic carbocycles. The maximum atomic E-state index is 11.6. The van der Waals surface area contributed by atoms with Crippen LogP contribution in [0, 0.1) is 0 Å². The van der Waals surface area contributed by atoms with E-state index in [1.54, 1.807) is 11.9 Å². The number of likely N-dealkylation sites (N-methyl/N-ethyl adjacent to an activating group) is 1. The van der Waals surface area contributed by atoms with Gasteiger partial charge in [-0.15, -0.1) is 0 Å². The number of nitrogens with zero attached hydrogens (tertiary/aromatic N) is 1. The molecular formula is C17H32BNO4. The largest absolute Gasteiger partial charge is 0.598 e. The average molecular weight is 325 g/mol. The van der Waals surface area contributed by atoms with Crippen LogP contribution in [0.15, 0.2) is 0 Å². The van der Waals surface area contributed by atoms with Crippen LogP contribution >= 0.6 is 0 Å². The Bertz CT molecular complexity index is 331. The molecule has 0 amide bonds. The number of hydrogen-bond donors (Lipinski definition) is 0. The summed E-state index contributed by atoms with van der Waals surface area (Å²) in [6.07, 6.45) is 13.1. The van der Waals surface area contributed by atoms with Crippen molar-refractivity contribution in [3.8, 4) is 0 Å². The summed E-state index contributed by atoms with van der Waals surface area (Å²) in [5.41, 5.74) is 0. The highest BCUT2D eigenvalue weighted by atomic mass is 16.6. The third-order valence-electron chi connectivity index (χ3n) is 4.12. The Morgan fingerprint density at radius 3 is 1.74 bits per heavy atom. The van der Waals surface area contributed by atoms with Crippen molar-refractivity contribution >= 4 is 19.1 Å². The Morgan fingerprint density at radius 2 is 1.26 bits per heavy atom. The Balaban J connectivity index is 2.03. The highest BCUT2D eigenvalue weighted by molar-refractivity contribution is 6.49. The summed E-state index contributed by atoms with van der Waals surface area (Å²) in [7, 11) is 1.00. The number of rotatable bonds is 11. The van der Waals surface area contributed by atoms with Crippen LogP contribution in [0.5, 0.6) is 0 Å². The van der Waals surface area contributed by atoms with Crippen LogP contribution < -0.4 is 0 Å². The maximum absolute atomic E-state index is 11.6. The molecule has 1 heterocycles. The Labute approximate surface area is 141 Å². The van der Waals surface area contributed by atoms with Gasteiger partial charge in [0.25, 0.3) is 0 Å². The first-order valence-electron chi connectivity index (χ1n) is 9.19. The van der Waals surface area contributed by atoms with Crippen molar-refractivity contribution in [2.24, 2.45) is 0 Å². The van der Waals surface area contributed by atoms with Gasteiger partial charge in [0.1, 0.15) is 0 Å². The summed E-state index contributed by atoms with van der Waals surface area (Å²) in [5.74, 6) is -0.644. The SMILES string of the molecule is CCCCCCCCCCCCB1OC(=O)CN(C)CC(=O)O1. The molecule has 23 heavy (non-hydrogen) atoms. The van der Waals surface area contributed by atoms with Gasteiger partial charge in [0, 0.05) is 6.32 Å². The third kappa shape index (κ3) is 10.4. The lowest BCUT2D eigenvalue weighted by atomic mass is 9.81. The first kappa shape index (κ1) is 20.0. The van der Waals surface area contributed by atoms with E-state index in [0.29, 0.717) is 6.32 Å². The highest BCUT2D eigenvalue weighted by Gasteiger charge is 2.30. The zero-order chi connectivity index (χ0) is 16.9. The van der Waals surface area contributed by atoms with Gasteiger partial charge in [-0.05, 0) is 7.05 Å². The van der Waals surface area contributed by atoms with Gasteiger partial charge < -0.3 is 9.31 Å². The van der Waals surface area contributed by atoms with Crippen LogP contribution in [-0.4, -0.2) is 44.1 Å². The first-order chi connectivity index (χ1) is 11.1. The van der Waals surface area contributed by atoms with Crippen LogP contribution in [-0.2, 0) is 18.9 Å². The van der Waals surface area contributed by atoms with Gasteiger partial charge in [0.05, 0.1) is 13.1 Å². The highest BCUT2D eigenvalue weighted by Crippen LogP contribution is 2.13. The van der Waals surface area contributed by atoms with E-state index in [1.807, 2.05) is 0 Å². The van der Waals surface area contributed by atoms with Crippen LogP contribution in [0.2, 0.25) is 6.32 Å². The molecule has 0 aliphatic carbocycles. The zero-order valence-electron chi connectivity index (χ0n) is 14.8. The van der Waals surface area contributed by atoms with E-state index in [4.69, 9.17) is 9.31 Å². The summed E-state index contributed by atoms with van der Waals surface area (Å²) >= 11 is 0. The number of carbonyl (C=O) groups is 2. The molecule has 0 atom stereocenters. The van der Waals surface area contributed by atoms with Gasteiger partial charge in [-0.2, -0.15) is 0 Å². The first-order valence-corrected chi connectivity index (χ1v) is 9.19. The lowest BCUT2D eigenvalue weighted by molar-refractivity contribution is -0.145. The van der Waals surface area contributed by atoms with Crippen molar-refractivity contribution in [2.45, 2.75) is 77.5 Å². The molecule has 0 spiro atoms. The van der Waals surface area contributed by atoms with Gasteiger partial charge in [0.15, 0.2) is 0 Å². The predicted octanol–water partition coefficient (Wildman–Crippen LogP) is 3.43. The van der Waals surface area contributed by atoms with E-state index in [0.717, 1.165) is 12.8 Å². The Kier molecular flexibility index (Phi) is 10.8. The molecule has 0 aromatic heterocycles. The monoisotopic (exact) mass is 325 g/mol. The van der Waals surface area contributed by atoms with Gasteiger partial charge in [-0.25, -0.2) is 0 Å². The van der Waals surface area contributed by atoms with Crippen molar-refractivity contribution in [3.63, 3.8) is 0 Å². The molecule has 5 nitrogen and oxygen atoms in total. The standard InChI is InChI=1S/C17H32BNO4/c1-3-4-5-6-7-8-9-10-11-12-13-18-22-16(20)14-19(2)15-17(21)23-18/h3-15H2,1-2H3. The van der Waals surface area contributed by atoms with Crippen LogP contribution in [0.1, 0.15) is 71.1 Å². The summed E-state index contributed by atoms with van der Waals surface area (Å²) in [6.45, 7) is 2.52. The van der Waals surface area contributed by atoms with Crippen molar-refractivity contribution in [2.75, 3.05) is 20.1 Å². The van der Waals surface area contributed by atoms with Gasteiger partial charge in [0.2, 0.25) is 0 Å². The van der Waals surface area contributed by atoms with Gasteiger partial charge in [-0.3, -0.25) is 14.5 Å². The van der Waals surface area contributed by atoms with Crippen LogP contribution in [0.4, 0.5) is 0 Å². The fraction of sp³-hybridized carbons (Fsp3) is 0.882. The minimum atomic E-state index is -0.697. The fourth-order valence-electron chi connectivity index (χ4n) is 2.80. The second kappa shape index (κ2) is 12.4. The number of hydrogen-bond acceptors (Lipinski definition) is 5. The molecule has 1 aliphatic rings. The molecule has 6 heteroatoms. The smallest absolute Gasteiger partial charge is 0.498 e. The summed E-state index contributed by atoms with van der Waals surface area (Å²) in [4.78, 5) is 24.8. The van der Waals surface area contributed by atoms with E-state index < -0.39 is 7.12 Å². The van der Waals surface area contributed by atoms with Gasteiger partial charge in [-0.1, -0.05) is 71.1 Å². The third-order valence-corrected chi connectivity index (χ3v) is 4.12. The molecule has 1 rings (SSSR count). The second-order valence-corrected chi connectivity index (χ2v) is 6.55. The normalized spacial score (nSPS) is 16.7. The zero-order valence-corrected chi connectivity index (χ0v) is 14.8. The molecule has 1 fully saturated rings. The van der Waals surface area contributed by atoms with Crippen molar-refractivity contribution in [3.05, 3.63) is 0 Å². The van der Waals surface area contributed by atoms with E-state index in [2.05, 4.69) is 6.92 Å². The van der Waals surface area contributed by atoms with E-state index in [-0.39, 0.29) is 25.0 Å². The second-order valence-electron chi connectivity index (χ2n) is 6.55. The van der Waals surface area contributed by atoms with Crippen LogP contribution in [0.25, 0.3) is 0 Å². The van der Waals surface area contributed by atoms with Crippen molar-refractivity contribution in [1.82, 2.24) is 4.90 Å².